The zero-order valence-corrected chi connectivity index (χ0v) is 11.2. The third-order valence-corrected chi connectivity index (χ3v) is 3.08. The number of hydrogen-bond donors (Lipinski definition) is 1. The monoisotopic (exact) mass is 262 g/mol. The molecule has 0 spiro atoms. The zero-order valence-electron chi connectivity index (χ0n) is 11.2. The Hall–Kier alpha value is -2.86. The molecule has 98 valence electrons. The van der Waals surface area contributed by atoms with Gasteiger partial charge in [-0.15, -0.1) is 0 Å². The summed E-state index contributed by atoms with van der Waals surface area (Å²) in [5, 5.41) is 10.2. The smallest absolute Gasteiger partial charge is 0.189 e. The highest BCUT2D eigenvalue weighted by molar-refractivity contribution is 5.72. The molecule has 0 saturated heterocycles. The molecule has 1 aromatic heterocycles. The largest absolute Gasteiger partial charge is 0.360 e. The number of benzene rings is 1. The fourth-order valence-electron chi connectivity index (χ4n) is 2.09. The Morgan fingerprint density at radius 1 is 1.30 bits per heavy atom. The van der Waals surface area contributed by atoms with Crippen LogP contribution < -0.4 is 16.0 Å². The first-order valence-electron chi connectivity index (χ1n) is 6.22. The summed E-state index contributed by atoms with van der Waals surface area (Å²) < 4.78 is 0. The second-order valence-electron chi connectivity index (χ2n) is 4.23. The van der Waals surface area contributed by atoms with Crippen molar-refractivity contribution in [1.82, 2.24) is 4.98 Å². The molecule has 3 heteroatoms. The van der Waals surface area contributed by atoms with E-state index in [1.165, 1.54) is 6.07 Å². The fraction of sp³-hybridized carbons (Fsp3) is 0.0588. The van der Waals surface area contributed by atoms with Crippen LogP contribution in [0.15, 0.2) is 54.0 Å². The number of rotatable bonds is 2. The fourth-order valence-corrected chi connectivity index (χ4v) is 2.09. The standard InChI is InChI=1S/C17H14N2O/c1-3-14(13-7-5-12(11-18)6-8-13)17-15(4-2)16(20)9-10-19-17/h3-10,19H,1H2,2H3/b15-4-,17-14-. The van der Waals surface area contributed by atoms with E-state index in [1.807, 2.05) is 19.1 Å². The van der Waals surface area contributed by atoms with Gasteiger partial charge < -0.3 is 4.98 Å². The Morgan fingerprint density at radius 2 is 2.00 bits per heavy atom. The van der Waals surface area contributed by atoms with E-state index in [0.717, 1.165) is 16.5 Å². The summed E-state index contributed by atoms with van der Waals surface area (Å²) >= 11 is 0. The van der Waals surface area contributed by atoms with Crippen LogP contribution in [0.4, 0.5) is 0 Å². The van der Waals surface area contributed by atoms with Crippen molar-refractivity contribution in [3.8, 4) is 6.07 Å². The molecule has 0 aliphatic heterocycles. The van der Waals surface area contributed by atoms with Crippen LogP contribution in [0, 0.1) is 11.3 Å². The molecule has 1 aromatic carbocycles. The molecule has 0 amide bonds. The van der Waals surface area contributed by atoms with Crippen molar-refractivity contribution in [3.63, 3.8) is 0 Å². The molecule has 0 unspecified atom stereocenters. The highest BCUT2D eigenvalue weighted by Crippen LogP contribution is 2.12. The molecule has 2 aromatic rings. The van der Waals surface area contributed by atoms with Gasteiger partial charge in [-0.25, -0.2) is 0 Å². The van der Waals surface area contributed by atoms with Crippen molar-refractivity contribution in [1.29, 1.82) is 5.26 Å². The SMILES string of the molecule is C=C/C(c1ccc(C#N)cc1)=c1/[nH]ccc(=O)/c1=C/C. The minimum Gasteiger partial charge on any atom is -0.360 e. The number of aromatic amines is 1. The van der Waals surface area contributed by atoms with Crippen LogP contribution in [-0.2, 0) is 0 Å². The maximum atomic E-state index is 11.9. The van der Waals surface area contributed by atoms with Crippen LogP contribution >= 0.6 is 0 Å². The Balaban J connectivity index is 2.84. The van der Waals surface area contributed by atoms with Gasteiger partial charge in [0.25, 0.3) is 0 Å². The van der Waals surface area contributed by atoms with Crippen LogP contribution in [0.1, 0.15) is 18.1 Å². The second kappa shape index (κ2) is 5.85. The van der Waals surface area contributed by atoms with Crippen molar-refractivity contribution >= 4 is 11.6 Å². The third kappa shape index (κ3) is 2.45. The number of H-pyrrole nitrogens is 1. The van der Waals surface area contributed by atoms with Crippen LogP contribution in [-0.4, -0.2) is 4.98 Å². The third-order valence-electron chi connectivity index (χ3n) is 3.08. The summed E-state index contributed by atoms with van der Waals surface area (Å²) in [4.78, 5) is 15.0. The number of nitrogens with zero attached hydrogens (tertiary/aromatic N) is 1. The molecule has 0 fully saturated rings. The number of nitriles is 1. The maximum absolute atomic E-state index is 11.9. The Morgan fingerprint density at radius 3 is 2.55 bits per heavy atom. The highest BCUT2D eigenvalue weighted by atomic mass is 16.1. The van der Waals surface area contributed by atoms with Gasteiger partial charge in [0.2, 0.25) is 0 Å². The molecule has 20 heavy (non-hydrogen) atoms. The molecule has 1 N–H and O–H groups in total. The number of hydrogen-bond acceptors (Lipinski definition) is 2. The molecule has 0 bridgehead atoms. The van der Waals surface area contributed by atoms with Crippen molar-refractivity contribution in [2.24, 2.45) is 0 Å². The van der Waals surface area contributed by atoms with Gasteiger partial charge in [0, 0.05) is 23.1 Å². The Labute approximate surface area is 116 Å². The number of pyridine rings is 1. The summed E-state index contributed by atoms with van der Waals surface area (Å²) in [5.74, 6) is 0. The lowest BCUT2D eigenvalue weighted by Gasteiger charge is -2.03. The van der Waals surface area contributed by atoms with E-state index in [-0.39, 0.29) is 5.43 Å². The normalized spacial score (nSPS) is 12.7. The van der Waals surface area contributed by atoms with Gasteiger partial charge in [0.1, 0.15) is 0 Å². The minimum absolute atomic E-state index is 0.0331. The summed E-state index contributed by atoms with van der Waals surface area (Å²) in [6, 6.07) is 10.8. The maximum Gasteiger partial charge on any atom is 0.189 e. The van der Waals surface area contributed by atoms with E-state index < -0.39 is 0 Å². The lowest BCUT2D eigenvalue weighted by Crippen LogP contribution is -2.41. The predicted octanol–water partition coefficient (Wildman–Crippen LogP) is 1.43. The van der Waals surface area contributed by atoms with E-state index in [4.69, 9.17) is 5.26 Å². The van der Waals surface area contributed by atoms with Crippen LogP contribution in [0.2, 0.25) is 0 Å². The molecule has 2 rings (SSSR count). The number of nitrogens with one attached hydrogen (secondary N) is 1. The molecule has 0 aliphatic carbocycles. The molecular weight excluding hydrogens is 248 g/mol. The van der Waals surface area contributed by atoms with Gasteiger partial charge in [-0.05, 0) is 24.6 Å². The molecule has 0 saturated carbocycles. The van der Waals surface area contributed by atoms with Gasteiger partial charge >= 0.3 is 0 Å². The summed E-state index contributed by atoms with van der Waals surface area (Å²) in [7, 11) is 0. The summed E-state index contributed by atoms with van der Waals surface area (Å²) in [6.45, 7) is 5.65. The van der Waals surface area contributed by atoms with Crippen molar-refractivity contribution in [3.05, 3.63) is 81.1 Å². The summed E-state index contributed by atoms with van der Waals surface area (Å²) in [6.07, 6.45) is 5.11. The van der Waals surface area contributed by atoms with Gasteiger partial charge in [-0.3, -0.25) is 4.79 Å². The van der Waals surface area contributed by atoms with E-state index >= 15 is 0 Å². The van der Waals surface area contributed by atoms with E-state index in [1.54, 1.807) is 30.5 Å². The van der Waals surface area contributed by atoms with Gasteiger partial charge in [-0.2, -0.15) is 5.26 Å². The molecule has 0 radical (unpaired) electrons. The van der Waals surface area contributed by atoms with E-state index in [9.17, 15) is 4.79 Å². The van der Waals surface area contributed by atoms with Crippen molar-refractivity contribution < 1.29 is 0 Å². The first kappa shape index (κ1) is 13.6. The van der Waals surface area contributed by atoms with E-state index in [2.05, 4.69) is 17.6 Å². The second-order valence-corrected chi connectivity index (χ2v) is 4.23. The number of aromatic nitrogens is 1. The Kier molecular flexibility index (Phi) is 3.97. The first-order chi connectivity index (χ1) is 9.71. The van der Waals surface area contributed by atoms with Crippen LogP contribution in [0.5, 0.6) is 0 Å². The molecule has 1 heterocycles. The van der Waals surface area contributed by atoms with Gasteiger partial charge in [0.05, 0.1) is 17.0 Å². The lowest BCUT2D eigenvalue weighted by atomic mass is 10.0. The minimum atomic E-state index is -0.0331. The molecular formula is C17H14N2O. The van der Waals surface area contributed by atoms with E-state index in [0.29, 0.717) is 10.8 Å². The van der Waals surface area contributed by atoms with Gasteiger partial charge in [0.15, 0.2) is 5.43 Å². The first-order valence-corrected chi connectivity index (χ1v) is 6.22. The van der Waals surface area contributed by atoms with Gasteiger partial charge in [-0.1, -0.05) is 30.9 Å². The van der Waals surface area contributed by atoms with Crippen molar-refractivity contribution in [2.45, 2.75) is 6.92 Å². The molecule has 3 nitrogen and oxygen atoms in total. The zero-order chi connectivity index (χ0) is 14.5. The highest BCUT2D eigenvalue weighted by Gasteiger charge is 2.02. The Bertz CT molecular complexity index is 850. The average molecular weight is 262 g/mol. The number of allylic oxidation sites excluding steroid dienone is 1. The molecule has 0 atom stereocenters. The lowest BCUT2D eigenvalue weighted by molar-refractivity contribution is 1.18. The van der Waals surface area contributed by atoms with Crippen molar-refractivity contribution in [2.75, 3.05) is 0 Å². The van der Waals surface area contributed by atoms with Crippen LogP contribution in [0.25, 0.3) is 11.6 Å². The topological polar surface area (TPSA) is 56.6 Å². The summed E-state index contributed by atoms with van der Waals surface area (Å²) in [5.41, 5.74) is 2.31. The predicted molar refractivity (Wildman–Crippen MR) is 80.3 cm³/mol. The average Bonchev–Trinajstić information content (AvgIpc) is 2.49. The quantitative estimate of drug-likeness (QED) is 0.890. The molecule has 0 aliphatic rings. The van der Waals surface area contributed by atoms with Crippen LogP contribution in [0.3, 0.4) is 0 Å².